The molecule has 7 heteroatoms. The molecule has 15 heavy (non-hydrogen) atoms. The van der Waals surface area contributed by atoms with E-state index in [1.54, 1.807) is 0 Å². The van der Waals surface area contributed by atoms with Crippen LogP contribution >= 0.6 is 34.8 Å². The smallest absolute Gasteiger partial charge is 0.321 e. The van der Waals surface area contributed by atoms with Crippen LogP contribution in [0.2, 0.25) is 0 Å². The van der Waals surface area contributed by atoms with E-state index in [-0.39, 0.29) is 6.04 Å². The number of imide groups is 1. The first-order valence-corrected chi connectivity index (χ1v) is 5.71. The third-order valence-corrected chi connectivity index (χ3v) is 2.69. The Morgan fingerprint density at radius 1 is 1.13 bits per heavy atom. The van der Waals surface area contributed by atoms with Crippen molar-refractivity contribution in [3.63, 3.8) is 0 Å². The molecule has 0 bridgehead atoms. The molecule has 0 radical (unpaired) electrons. The van der Waals surface area contributed by atoms with Gasteiger partial charge in [0.05, 0.1) is 0 Å². The fraction of sp³-hybridized carbons (Fsp3) is 0.750. The van der Waals surface area contributed by atoms with Gasteiger partial charge in [0.25, 0.3) is 9.70 Å². The second-order valence-electron chi connectivity index (χ2n) is 3.41. The molecule has 0 aromatic heterocycles. The Morgan fingerprint density at radius 3 is 2.13 bits per heavy atom. The van der Waals surface area contributed by atoms with E-state index in [2.05, 4.69) is 5.32 Å². The number of hydrogen-bond acceptors (Lipinski definition) is 2. The molecule has 1 aliphatic carbocycles. The van der Waals surface area contributed by atoms with Gasteiger partial charge in [0.1, 0.15) is 0 Å². The molecule has 0 heterocycles. The molecule has 4 nitrogen and oxygen atoms in total. The minimum atomic E-state index is -2.10. The van der Waals surface area contributed by atoms with E-state index in [0.29, 0.717) is 0 Å². The number of hydrogen-bond donors (Lipinski definition) is 2. The number of amides is 3. The molecule has 1 aliphatic rings. The van der Waals surface area contributed by atoms with Crippen LogP contribution in [0.5, 0.6) is 0 Å². The lowest BCUT2D eigenvalue weighted by atomic mass is 10.2. The predicted molar refractivity (Wildman–Crippen MR) is 59.2 cm³/mol. The average Bonchev–Trinajstić information content (AvgIpc) is 2.54. The summed E-state index contributed by atoms with van der Waals surface area (Å²) >= 11 is 15.8. The van der Waals surface area contributed by atoms with Crippen molar-refractivity contribution < 1.29 is 9.59 Å². The average molecular weight is 274 g/mol. The highest BCUT2D eigenvalue weighted by Gasteiger charge is 2.32. The summed E-state index contributed by atoms with van der Waals surface area (Å²) in [4.78, 5) is 22.3. The van der Waals surface area contributed by atoms with E-state index in [4.69, 9.17) is 34.8 Å². The minimum absolute atomic E-state index is 0.119. The molecule has 1 fully saturated rings. The summed E-state index contributed by atoms with van der Waals surface area (Å²) in [5.74, 6) is -0.942. The molecule has 86 valence electrons. The third kappa shape index (κ3) is 4.45. The fourth-order valence-corrected chi connectivity index (χ4v) is 1.61. The first-order valence-electron chi connectivity index (χ1n) is 4.58. The van der Waals surface area contributed by atoms with Gasteiger partial charge < -0.3 is 5.32 Å². The summed E-state index contributed by atoms with van der Waals surface area (Å²) < 4.78 is -2.10. The van der Waals surface area contributed by atoms with Crippen LogP contribution < -0.4 is 10.6 Å². The van der Waals surface area contributed by atoms with Gasteiger partial charge in [-0.05, 0) is 12.8 Å². The van der Waals surface area contributed by atoms with Crippen molar-refractivity contribution in [2.45, 2.75) is 35.5 Å². The van der Waals surface area contributed by atoms with E-state index >= 15 is 0 Å². The van der Waals surface area contributed by atoms with Crippen molar-refractivity contribution in [1.29, 1.82) is 0 Å². The van der Waals surface area contributed by atoms with E-state index in [9.17, 15) is 9.59 Å². The van der Waals surface area contributed by atoms with E-state index in [1.165, 1.54) is 0 Å². The second kappa shape index (κ2) is 5.23. The van der Waals surface area contributed by atoms with Crippen molar-refractivity contribution in [2.24, 2.45) is 0 Å². The van der Waals surface area contributed by atoms with Gasteiger partial charge in [-0.25, -0.2) is 4.79 Å². The molecular weight excluding hydrogens is 262 g/mol. The van der Waals surface area contributed by atoms with Crippen LogP contribution in [-0.4, -0.2) is 21.8 Å². The SMILES string of the molecule is O=C(NC(=O)C(Cl)(Cl)Cl)NC1CCCC1. The number of urea groups is 1. The molecule has 0 aliphatic heterocycles. The van der Waals surface area contributed by atoms with E-state index in [0.717, 1.165) is 25.7 Å². The Morgan fingerprint density at radius 2 is 1.67 bits per heavy atom. The van der Waals surface area contributed by atoms with Crippen molar-refractivity contribution >= 4 is 46.7 Å². The third-order valence-electron chi connectivity index (χ3n) is 2.17. The van der Waals surface area contributed by atoms with Gasteiger partial charge in [0.15, 0.2) is 0 Å². The van der Waals surface area contributed by atoms with Gasteiger partial charge in [-0.2, -0.15) is 0 Å². The van der Waals surface area contributed by atoms with Crippen LogP contribution in [0.3, 0.4) is 0 Å². The lowest BCUT2D eigenvalue weighted by Gasteiger charge is -2.14. The van der Waals surface area contributed by atoms with Gasteiger partial charge >= 0.3 is 6.03 Å². The summed E-state index contributed by atoms with van der Waals surface area (Å²) in [6, 6.07) is -0.494. The molecule has 0 atom stereocenters. The minimum Gasteiger partial charge on any atom is -0.335 e. The Kier molecular flexibility index (Phi) is 4.49. The molecule has 1 rings (SSSR count). The Hall–Kier alpha value is -0.190. The number of alkyl halides is 3. The summed E-state index contributed by atoms with van der Waals surface area (Å²) in [7, 11) is 0. The number of nitrogens with one attached hydrogen (secondary N) is 2. The Balaban J connectivity index is 2.32. The molecule has 1 saturated carbocycles. The van der Waals surface area contributed by atoms with Gasteiger partial charge in [-0.1, -0.05) is 47.6 Å². The molecule has 0 unspecified atom stereocenters. The highest BCUT2D eigenvalue weighted by Crippen LogP contribution is 2.25. The van der Waals surface area contributed by atoms with Crippen molar-refractivity contribution in [2.75, 3.05) is 0 Å². The molecule has 0 aromatic carbocycles. The lowest BCUT2D eigenvalue weighted by Crippen LogP contribution is -2.47. The van der Waals surface area contributed by atoms with Crippen molar-refractivity contribution in [1.82, 2.24) is 10.6 Å². The predicted octanol–water partition coefficient (Wildman–Crippen LogP) is 2.12. The van der Waals surface area contributed by atoms with Crippen LogP contribution in [0.15, 0.2) is 0 Å². The van der Waals surface area contributed by atoms with Gasteiger partial charge in [0, 0.05) is 6.04 Å². The quantitative estimate of drug-likeness (QED) is 0.719. The summed E-state index contributed by atoms with van der Waals surface area (Å²) in [6.45, 7) is 0. The van der Waals surface area contributed by atoms with Gasteiger partial charge in [0.2, 0.25) is 0 Å². The molecule has 0 aromatic rings. The molecular formula is C8H11Cl3N2O2. The topological polar surface area (TPSA) is 58.2 Å². The van der Waals surface area contributed by atoms with E-state index < -0.39 is 15.7 Å². The zero-order chi connectivity index (χ0) is 11.5. The lowest BCUT2D eigenvalue weighted by molar-refractivity contribution is -0.119. The monoisotopic (exact) mass is 272 g/mol. The fourth-order valence-electron chi connectivity index (χ4n) is 1.47. The summed E-state index contributed by atoms with van der Waals surface area (Å²) in [5, 5.41) is 4.60. The summed E-state index contributed by atoms with van der Waals surface area (Å²) in [5.41, 5.74) is 0. The van der Waals surface area contributed by atoms with Crippen LogP contribution in [0, 0.1) is 0 Å². The maximum absolute atomic E-state index is 11.2. The zero-order valence-electron chi connectivity index (χ0n) is 7.86. The summed E-state index contributed by atoms with van der Waals surface area (Å²) in [6.07, 6.45) is 4.03. The second-order valence-corrected chi connectivity index (χ2v) is 5.69. The van der Waals surface area contributed by atoms with Crippen molar-refractivity contribution in [3.05, 3.63) is 0 Å². The van der Waals surface area contributed by atoms with E-state index in [1.807, 2.05) is 5.32 Å². The largest absolute Gasteiger partial charge is 0.335 e. The first kappa shape index (κ1) is 12.9. The number of carbonyl (C=O) groups is 2. The Labute approximate surface area is 103 Å². The highest BCUT2D eigenvalue weighted by atomic mass is 35.6. The van der Waals surface area contributed by atoms with Crippen LogP contribution in [0.25, 0.3) is 0 Å². The maximum atomic E-state index is 11.2. The van der Waals surface area contributed by atoms with Crippen LogP contribution in [0.1, 0.15) is 25.7 Å². The van der Waals surface area contributed by atoms with Gasteiger partial charge in [-0.3, -0.25) is 10.1 Å². The number of rotatable bonds is 1. The number of halogens is 3. The number of carbonyl (C=O) groups excluding carboxylic acids is 2. The normalized spacial score (nSPS) is 17.5. The highest BCUT2D eigenvalue weighted by molar-refractivity contribution is 6.76. The molecule has 0 spiro atoms. The van der Waals surface area contributed by atoms with Crippen LogP contribution in [0.4, 0.5) is 4.79 Å². The maximum Gasteiger partial charge on any atom is 0.321 e. The molecule has 0 saturated heterocycles. The molecule has 3 amide bonds. The standard InChI is InChI=1S/C8H11Cl3N2O2/c9-8(10,11)6(14)13-7(15)12-5-3-1-2-4-5/h5H,1-4H2,(H2,12,13,14,15). The Bertz CT molecular complexity index is 259. The van der Waals surface area contributed by atoms with Crippen molar-refractivity contribution in [3.8, 4) is 0 Å². The van der Waals surface area contributed by atoms with Gasteiger partial charge in [-0.15, -0.1) is 0 Å². The van der Waals surface area contributed by atoms with Crippen LogP contribution in [-0.2, 0) is 4.79 Å². The first-order chi connectivity index (χ1) is 6.89. The molecule has 2 N–H and O–H groups in total. The zero-order valence-corrected chi connectivity index (χ0v) is 10.1.